The van der Waals surface area contributed by atoms with E-state index < -0.39 is 12.0 Å². The molecular formula is C16H18ClN3O3. The van der Waals surface area contributed by atoms with Crippen LogP contribution in [-0.2, 0) is 16.1 Å². The van der Waals surface area contributed by atoms with Crippen LogP contribution in [0.4, 0.5) is 0 Å². The molecule has 1 aromatic heterocycles. The number of amides is 1. The van der Waals surface area contributed by atoms with Crippen LogP contribution in [0.2, 0.25) is 5.02 Å². The minimum Gasteiger partial charge on any atom is -0.481 e. The SMILES string of the molecule is Cc1cc(C)n(CC(=O)N[C@@H](CC(=O)O)c2ccc(Cl)cc2)n1. The zero-order chi connectivity index (χ0) is 17.0. The summed E-state index contributed by atoms with van der Waals surface area (Å²) in [7, 11) is 0. The average Bonchev–Trinajstić information content (AvgIpc) is 2.76. The summed E-state index contributed by atoms with van der Waals surface area (Å²) in [5, 5.41) is 16.6. The molecule has 0 saturated carbocycles. The molecule has 0 aliphatic heterocycles. The monoisotopic (exact) mass is 335 g/mol. The molecule has 7 heteroatoms. The molecule has 2 aromatic rings. The van der Waals surface area contributed by atoms with E-state index in [1.165, 1.54) is 0 Å². The smallest absolute Gasteiger partial charge is 0.305 e. The quantitative estimate of drug-likeness (QED) is 0.849. The number of carboxylic acid groups (broad SMARTS) is 1. The van der Waals surface area contributed by atoms with Gasteiger partial charge in [-0.2, -0.15) is 5.10 Å². The first-order valence-electron chi connectivity index (χ1n) is 7.13. The lowest BCUT2D eigenvalue weighted by Gasteiger charge is -2.18. The van der Waals surface area contributed by atoms with Gasteiger partial charge in [-0.3, -0.25) is 14.3 Å². The second-order valence-electron chi connectivity index (χ2n) is 5.35. The zero-order valence-corrected chi connectivity index (χ0v) is 13.7. The topological polar surface area (TPSA) is 84.2 Å². The fraction of sp³-hybridized carbons (Fsp3) is 0.312. The van der Waals surface area contributed by atoms with Gasteiger partial charge in [-0.1, -0.05) is 23.7 Å². The number of benzene rings is 1. The van der Waals surface area contributed by atoms with Gasteiger partial charge in [0.1, 0.15) is 6.54 Å². The Morgan fingerprint density at radius 2 is 1.96 bits per heavy atom. The summed E-state index contributed by atoms with van der Waals surface area (Å²) >= 11 is 5.84. The number of nitrogens with one attached hydrogen (secondary N) is 1. The van der Waals surface area contributed by atoms with Gasteiger partial charge in [0, 0.05) is 10.7 Å². The normalized spacial score (nSPS) is 12.0. The maximum Gasteiger partial charge on any atom is 0.305 e. The molecule has 1 heterocycles. The lowest BCUT2D eigenvalue weighted by atomic mass is 10.0. The van der Waals surface area contributed by atoms with Crippen molar-refractivity contribution < 1.29 is 14.7 Å². The molecule has 2 N–H and O–H groups in total. The minimum atomic E-state index is -0.989. The first kappa shape index (κ1) is 17.0. The van der Waals surface area contributed by atoms with Crippen molar-refractivity contribution in [2.75, 3.05) is 0 Å². The van der Waals surface area contributed by atoms with Gasteiger partial charge in [0.15, 0.2) is 0 Å². The Morgan fingerprint density at radius 3 is 2.48 bits per heavy atom. The summed E-state index contributed by atoms with van der Waals surface area (Å²) in [5.41, 5.74) is 2.40. The van der Waals surface area contributed by atoms with E-state index in [-0.39, 0.29) is 18.9 Å². The summed E-state index contributed by atoms with van der Waals surface area (Å²) in [6, 6.07) is 8.01. The highest BCUT2D eigenvalue weighted by Crippen LogP contribution is 2.19. The molecule has 23 heavy (non-hydrogen) atoms. The number of aryl methyl sites for hydroxylation is 2. The Labute approximate surface area is 139 Å². The van der Waals surface area contributed by atoms with E-state index in [1.54, 1.807) is 28.9 Å². The van der Waals surface area contributed by atoms with Crippen LogP contribution in [-0.4, -0.2) is 26.8 Å². The van der Waals surface area contributed by atoms with E-state index in [1.807, 2.05) is 19.9 Å². The Balaban J connectivity index is 2.10. The molecule has 0 radical (unpaired) electrons. The van der Waals surface area contributed by atoms with E-state index in [0.29, 0.717) is 10.6 Å². The lowest BCUT2D eigenvalue weighted by molar-refractivity contribution is -0.137. The van der Waals surface area contributed by atoms with Gasteiger partial charge in [0.2, 0.25) is 5.91 Å². The van der Waals surface area contributed by atoms with Crippen LogP contribution >= 0.6 is 11.6 Å². The number of nitrogens with zero attached hydrogens (tertiary/aromatic N) is 2. The molecule has 1 aromatic carbocycles. The van der Waals surface area contributed by atoms with Crippen molar-refractivity contribution >= 4 is 23.5 Å². The molecule has 0 unspecified atom stereocenters. The maximum atomic E-state index is 12.2. The Kier molecular flexibility index (Phi) is 5.39. The molecule has 0 spiro atoms. The summed E-state index contributed by atoms with van der Waals surface area (Å²) < 4.78 is 1.59. The summed E-state index contributed by atoms with van der Waals surface area (Å²) in [4.78, 5) is 23.3. The number of halogens is 1. The maximum absolute atomic E-state index is 12.2. The van der Waals surface area contributed by atoms with Crippen LogP contribution < -0.4 is 5.32 Å². The van der Waals surface area contributed by atoms with Crippen molar-refractivity contribution in [3.63, 3.8) is 0 Å². The second kappa shape index (κ2) is 7.28. The van der Waals surface area contributed by atoms with Gasteiger partial charge in [0.05, 0.1) is 18.2 Å². The first-order chi connectivity index (χ1) is 10.8. The Hall–Kier alpha value is -2.34. The van der Waals surface area contributed by atoms with Crippen molar-refractivity contribution in [2.24, 2.45) is 0 Å². The van der Waals surface area contributed by atoms with Crippen LogP contribution in [0.5, 0.6) is 0 Å². The fourth-order valence-corrected chi connectivity index (χ4v) is 2.46. The number of aromatic nitrogens is 2. The average molecular weight is 336 g/mol. The van der Waals surface area contributed by atoms with E-state index in [2.05, 4.69) is 10.4 Å². The Morgan fingerprint density at radius 1 is 1.30 bits per heavy atom. The van der Waals surface area contributed by atoms with Crippen LogP contribution in [0.25, 0.3) is 0 Å². The largest absolute Gasteiger partial charge is 0.481 e. The first-order valence-corrected chi connectivity index (χ1v) is 7.50. The number of carbonyl (C=O) groups excluding carboxylic acids is 1. The third kappa shape index (κ3) is 4.82. The highest BCUT2D eigenvalue weighted by Gasteiger charge is 2.19. The van der Waals surface area contributed by atoms with Gasteiger partial charge in [-0.15, -0.1) is 0 Å². The number of rotatable bonds is 6. The number of carboxylic acids is 1. The minimum absolute atomic E-state index is 0.0450. The van der Waals surface area contributed by atoms with Crippen molar-refractivity contribution in [3.8, 4) is 0 Å². The summed E-state index contributed by atoms with van der Waals surface area (Å²) in [6.45, 7) is 3.76. The van der Waals surface area contributed by atoms with Crippen molar-refractivity contribution in [1.82, 2.24) is 15.1 Å². The zero-order valence-electron chi connectivity index (χ0n) is 12.9. The molecule has 122 valence electrons. The molecule has 0 aliphatic rings. The van der Waals surface area contributed by atoms with Gasteiger partial charge in [-0.05, 0) is 37.6 Å². The fourth-order valence-electron chi connectivity index (χ4n) is 2.33. The molecular weight excluding hydrogens is 318 g/mol. The number of hydrogen-bond acceptors (Lipinski definition) is 3. The van der Waals surface area contributed by atoms with Crippen LogP contribution in [0.1, 0.15) is 29.4 Å². The number of hydrogen-bond donors (Lipinski definition) is 2. The van der Waals surface area contributed by atoms with E-state index in [0.717, 1.165) is 11.4 Å². The standard InChI is InChI=1S/C16H18ClN3O3/c1-10-7-11(2)20(19-10)9-15(21)18-14(8-16(22)23)12-3-5-13(17)6-4-12/h3-7,14H,8-9H2,1-2H3,(H,18,21)(H,22,23)/t14-/m0/s1. The molecule has 6 nitrogen and oxygen atoms in total. The third-order valence-electron chi connectivity index (χ3n) is 3.38. The Bertz CT molecular complexity index is 710. The lowest BCUT2D eigenvalue weighted by Crippen LogP contribution is -2.33. The van der Waals surface area contributed by atoms with Crippen LogP contribution in [0.15, 0.2) is 30.3 Å². The molecule has 0 bridgehead atoms. The third-order valence-corrected chi connectivity index (χ3v) is 3.64. The molecule has 0 fully saturated rings. The summed E-state index contributed by atoms with van der Waals surface area (Å²) in [6.07, 6.45) is -0.204. The van der Waals surface area contributed by atoms with Gasteiger partial charge < -0.3 is 10.4 Å². The molecule has 1 atom stereocenters. The van der Waals surface area contributed by atoms with E-state index in [9.17, 15) is 9.59 Å². The van der Waals surface area contributed by atoms with Gasteiger partial charge >= 0.3 is 5.97 Å². The number of carbonyl (C=O) groups is 2. The molecule has 1 amide bonds. The molecule has 0 aliphatic carbocycles. The highest BCUT2D eigenvalue weighted by atomic mass is 35.5. The predicted molar refractivity (Wildman–Crippen MR) is 86.3 cm³/mol. The van der Waals surface area contributed by atoms with E-state index >= 15 is 0 Å². The van der Waals surface area contributed by atoms with Crippen LogP contribution in [0.3, 0.4) is 0 Å². The molecule has 0 saturated heterocycles. The molecule has 2 rings (SSSR count). The predicted octanol–water partition coefficient (Wildman–Crippen LogP) is 2.49. The van der Waals surface area contributed by atoms with Crippen molar-refractivity contribution in [2.45, 2.75) is 32.9 Å². The number of aliphatic carboxylic acids is 1. The second-order valence-corrected chi connectivity index (χ2v) is 5.79. The van der Waals surface area contributed by atoms with Gasteiger partial charge in [-0.25, -0.2) is 0 Å². The van der Waals surface area contributed by atoms with Crippen molar-refractivity contribution in [3.05, 3.63) is 52.3 Å². The summed E-state index contributed by atoms with van der Waals surface area (Å²) in [5.74, 6) is -1.28. The van der Waals surface area contributed by atoms with Gasteiger partial charge in [0.25, 0.3) is 0 Å². The highest BCUT2D eigenvalue weighted by molar-refractivity contribution is 6.30. The van der Waals surface area contributed by atoms with Crippen molar-refractivity contribution in [1.29, 1.82) is 0 Å². The van der Waals surface area contributed by atoms with E-state index in [4.69, 9.17) is 16.7 Å². The van der Waals surface area contributed by atoms with Crippen LogP contribution in [0, 0.1) is 13.8 Å².